The number of aromatic nitrogens is 1. The third-order valence-electron chi connectivity index (χ3n) is 3.79. The molecule has 2 aromatic heterocycles. The van der Waals surface area contributed by atoms with Crippen LogP contribution in [0.1, 0.15) is 18.6 Å². The van der Waals surface area contributed by atoms with Crippen molar-refractivity contribution in [3.8, 4) is 0 Å². The van der Waals surface area contributed by atoms with Crippen LogP contribution in [-0.2, 0) is 0 Å². The van der Waals surface area contributed by atoms with Crippen LogP contribution in [0.25, 0.3) is 6.08 Å². The lowest BCUT2D eigenvalue weighted by molar-refractivity contribution is 0.145. The van der Waals surface area contributed by atoms with Gasteiger partial charge in [0.25, 0.3) is 0 Å². The summed E-state index contributed by atoms with van der Waals surface area (Å²) in [6, 6.07) is 7.76. The summed E-state index contributed by atoms with van der Waals surface area (Å²) in [6.45, 7) is 2.39. The zero-order chi connectivity index (χ0) is 15.2. The third kappa shape index (κ3) is 3.68. The predicted molar refractivity (Wildman–Crippen MR) is 87.9 cm³/mol. The van der Waals surface area contributed by atoms with Crippen molar-refractivity contribution in [3.63, 3.8) is 0 Å². The van der Waals surface area contributed by atoms with Crippen molar-refractivity contribution >= 4 is 17.6 Å². The van der Waals surface area contributed by atoms with Gasteiger partial charge in [-0.05, 0) is 43.2 Å². The van der Waals surface area contributed by atoms with Gasteiger partial charge in [-0.25, -0.2) is 4.98 Å². The van der Waals surface area contributed by atoms with Gasteiger partial charge in [0, 0.05) is 25.8 Å². The Balaban J connectivity index is 1.61. The van der Waals surface area contributed by atoms with Crippen molar-refractivity contribution in [2.24, 2.45) is 0 Å². The van der Waals surface area contributed by atoms with Crippen molar-refractivity contribution in [2.45, 2.75) is 18.9 Å². The van der Waals surface area contributed by atoms with E-state index in [4.69, 9.17) is 4.42 Å². The van der Waals surface area contributed by atoms with Gasteiger partial charge < -0.3 is 19.7 Å². The molecule has 1 fully saturated rings. The Labute approximate surface area is 130 Å². The first-order valence-corrected chi connectivity index (χ1v) is 7.65. The molecule has 0 atom stereocenters. The van der Waals surface area contributed by atoms with Crippen LogP contribution in [-0.4, -0.2) is 35.8 Å². The number of hydrogen-bond donors (Lipinski definition) is 2. The van der Waals surface area contributed by atoms with E-state index in [1.165, 1.54) is 0 Å². The summed E-state index contributed by atoms with van der Waals surface area (Å²) in [5.74, 6) is 1.80. The number of nitrogens with zero attached hydrogens (tertiary/aromatic N) is 2. The maximum absolute atomic E-state index is 9.63. The minimum absolute atomic E-state index is 0.174. The average molecular weight is 299 g/mol. The minimum Gasteiger partial charge on any atom is -0.465 e. The molecule has 5 heteroatoms. The first kappa shape index (κ1) is 14.7. The fraction of sp³-hybridized carbons (Fsp3) is 0.353. The van der Waals surface area contributed by atoms with Gasteiger partial charge in [0.15, 0.2) is 5.82 Å². The molecule has 0 spiro atoms. The van der Waals surface area contributed by atoms with E-state index >= 15 is 0 Å². The van der Waals surface area contributed by atoms with Gasteiger partial charge in [-0.1, -0.05) is 6.08 Å². The Bertz CT molecular complexity index is 602. The molecular weight excluding hydrogens is 278 g/mol. The summed E-state index contributed by atoms with van der Waals surface area (Å²) >= 11 is 0. The fourth-order valence-corrected chi connectivity index (χ4v) is 2.59. The zero-order valence-electron chi connectivity index (χ0n) is 12.5. The highest BCUT2D eigenvalue weighted by Gasteiger charge is 2.19. The summed E-state index contributed by atoms with van der Waals surface area (Å²) in [7, 11) is 0. The number of hydrogen-bond acceptors (Lipinski definition) is 5. The normalized spacial score (nSPS) is 16.3. The molecule has 3 heterocycles. The van der Waals surface area contributed by atoms with Crippen molar-refractivity contribution in [1.82, 2.24) is 4.98 Å². The number of rotatable bonds is 5. The highest BCUT2D eigenvalue weighted by atomic mass is 16.3. The van der Waals surface area contributed by atoms with Gasteiger partial charge in [0.2, 0.25) is 0 Å². The quantitative estimate of drug-likeness (QED) is 0.889. The average Bonchev–Trinajstić information content (AvgIpc) is 3.06. The van der Waals surface area contributed by atoms with Gasteiger partial charge in [-0.2, -0.15) is 0 Å². The Morgan fingerprint density at radius 1 is 1.32 bits per heavy atom. The minimum atomic E-state index is -0.174. The molecule has 0 saturated carbocycles. The lowest BCUT2D eigenvalue weighted by atomic mass is 10.1. The van der Waals surface area contributed by atoms with Crippen LogP contribution in [0.2, 0.25) is 0 Å². The van der Waals surface area contributed by atoms with Gasteiger partial charge in [0.05, 0.1) is 18.1 Å². The first-order valence-electron chi connectivity index (χ1n) is 7.65. The molecular formula is C17H21N3O2. The maximum atomic E-state index is 9.63. The highest BCUT2D eigenvalue weighted by Crippen LogP contribution is 2.25. The van der Waals surface area contributed by atoms with Crippen molar-refractivity contribution < 1.29 is 9.52 Å². The zero-order valence-corrected chi connectivity index (χ0v) is 12.5. The number of nitrogens with one attached hydrogen (secondary N) is 1. The van der Waals surface area contributed by atoms with Crippen LogP contribution >= 0.6 is 0 Å². The molecule has 5 nitrogen and oxygen atoms in total. The van der Waals surface area contributed by atoms with E-state index < -0.39 is 0 Å². The topological polar surface area (TPSA) is 61.5 Å². The molecule has 2 N–H and O–H groups in total. The SMILES string of the molecule is OC1CCN(c2ncccc2NC/C=C/c2ccco2)CC1. The highest BCUT2D eigenvalue weighted by molar-refractivity contribution is 5.66. The predicted octanol–water partition coefficient (Wildman–Crippen LogP) is 2.76. The molecule has 0 amide bonds. The molecule has 0 aromatic carbocycles. The Morgan fingerprint density at radius 2 is 2.18 bits per heavy atom. The molecule has 0 radical (unpaired) electrons. The largest absolute Gasteiger partial charge is 0.465 e. The second kappa shape index (κ2) is 7.13. The molecule has 22 heavy (non-hydrogen) atoms. The van der Waals surface area contributed by atoms with Gasteiger partial charge in [-0.15, -0.1) is 0 Å². The Morgan fingerprint density at radius 3 is 2.95 bits per heavy atom. The van der Waals surface area contributed by atoms with Crippen LogP contribution in [0, 0.1) is 0 Å². The molecule has 1 aliphatic heterocycles. The summed E-state index contributed by atoms with van der Waals surface area (Å²) < 4.78 is 5.26. The number of aliphatic hydroxyl groups excluding tert-OH is 1. The monoisotopic (exact) mass is 299 g/mol. The van der Waals surface area contributed by atoms with Crippen molar-refractivity contribution in [2.75, 3.05) is 29.9 Å². The molecule has 1 saturated heterocycles. The molecule has 1 aliphatic rings. The van der Waals surface area contributed by atoms with Gasteiger partial charge in [0.1, 0.15) is 5.76 Å². The summed E-state index contributed by atoms with van der Waals surface area (Å²) in [6.07, 6.45) is 8.87. The molecule has 116 valence electrons. The standard InChI is InChI=1S/C17H21N3O2/c21-14-7-11-20(12-8-14)17-16(6-2-10-19-17)18-9-1-4-15-5-3-13-22-15/h1-6,10,13-14,18,21H,7-9,11-12H2/b4-1+. The van der Waals surface area contributed by atoms with Crippen LogP contribution in [0.4, 0.5) is 11.5 Å². The van der Waals surface area contributed by atoms with Crippen LogP contribution in [0.5, 0.6) is 0 Å². The van der Waals surface area contributed by atoms with Crippen LogP contribution in [0.3, 0.4) is 0 Å². The van der Waals surface area contributed by atoms with Crippen LogP contribution in [0.15, 0.2) is 47.2 Å². The number of pyridine rings is 1. The molecule has 0 aliphatic carbocycles. The summed E-state index contributed by atoms with van der Waals surface area (Å²) in [5.41, 5.74) is 1.02. The van der Waals surface area contributed by atoms with Gasteiger partial charge >= 0.3 is 0 Å². The van der Waals surface area contributed by atoms with E-state index in [-0.39, 0.29) is 6.10 Å². The first-order chi connectivity index (χ1) is 10.8. The number of piperidine rings is 1. The number of anilines is 2. The maximum Gasteiger partial charge on any atom is 0.151 e. The summed E-state index contributed by atoms with van der Waals surface area (Å²) in [4.78, 5) is 6.72. The number of furan rings is 1. The van der Waals surface area contributed by atoms with Crippen LogP contribution < -0.4 is 10.2 Å². The van der Waals surface area contributed by atoms with E-state index in [9.17, 15) is 5.11 Å². The summed E-state index contributed by atoms with van der Waals surface area (Å²) in [5, 5.41) is 13.0. The second-order valence-corrected chi connectivity index (χ2v) is 5.39. The van der Waals surface area contributed by atoms with E-state index in [1.807, 2.05) is 42.6 Å². The lowest BCUT2D eigenvalue weighted by Crippen LogP contribution is -2.36. The lowest BCUT2D eigenvalue weighted by Gasteiger charge is -2.31. The Hall–Kier alpha value is -2.27. The molecule has 0 unspecified atom stereocenters. The molecule has 3 rings (SSSR count). The van der Waals surface area contributed by atoms with Crippen molar-refractivity contribution in [3.05, 3.63) is 48.6 Å². The molecule has 0 bridgehead atoms. The van der Waals surface area contributed by atoms with Crippen molar-refractivity contribution in [1.29, 1.82) is 0 Å². The third-order valence-corrected chi connectivity index (χ3v) is 3.79. The Kier molecular flexibility index (Phi) is 4.75. The second-order valence-electron chi connectivity index (χ2n) is 5.39. The molecule has 2 aromatic rings. The fourth-order valence-electron chi connectivity index (χ4n) is 2.59. The van der Waals surface area contributed by atoms with E-state index in [0.717, 1.165) is 43.2 Å². The van der Waals surface area contributed by atoms with E-state index in [2.05, 4.69) is 15.2 Å². The van der Waals surface area contributed by atoms with Gasteiger partial charge in [-0.3, -0.25) is 0 Å². The smallest absolute Gasteiger partial charge is 0.151 e. The number of aliphatic hydroxyl groups is 1. The van der Waals surface area contributed by atoms with E-state index in [0.29, 0.717) is 6.54 Å². The van der Waals surface area contributed by atoms with E-state index in [1.54, 1.807) is 6.26 Å².